The fraction of sp³-hybridized carbons (Fsp3) is 0.417. The summed E-state index contributed by atoms with van der Waals surface area (Å²) < 4.78 is 1.08. The Balaban J connectivity index is 2.48. The van der Waals surface area contributed by atoms with Gasteiger partial charge in [-0.15, -0.1) is 17.8 Å². The van der Waals surface area contributed by atoms with Crippen molar-refractivity contribution in [2.75, 3.05) is 19.6 Å². The number of likely N-dealkylation sites (N-methyl/N-ethyl adjacent to an activating group) is 1. The molecule has 0 spiro atoms. The molecule has 0 aliphatic carbocycles. The maximum atomic E-state index is 11.8. The number of carbonyl (C=O) groups excluding carboxylic acids is 1. The molecule has 0 aliphatic heterocycles. The van der Waals surface area contributed by atoms with Gasteiger partial charge in [-0.25, -0.2) is 0 Å². The second-order valence-electron chi connectivity index (χ2n) is 3.42. The monoisotopic (exact) mass is 314 g/mol. The lowest BCUT2D eigenvalue weighted by atomic mass is 10.4. The molecule has 0 saturated heterocycles. The Hall–Kier alpha value is -0.830. The van der Waals surface area contributed by atoms with Crippen LogP contribution >= 0.6 is 27.3 Å². The van der Waals surface area contributed by atoms with Crippen LogP contribution in [0, 0.1) is 12.3 Å². The fourth-order valence-electron chi connectivity index (χ4n) is 1.35. The number of hydrogen-bond donors (Lipinski definition) is 1. The Morgan fingerprint density at radius 1 is 1.65 bits per heavy atom. The minimum atomic E-state index is 0.0762. The smallest absolute Gasteiger partial charge is 0.236 e. The van der Waals surface area contributed by atoms with E-state index in [0.717, 1.165) is 3.79 Å². The summed E-state index contributed by atoms with van der Waals surface area (Å²) >= 11 is 5.06. The van der Waals surface area contributed by atoms with Crippen molar-refractivity contribution in [2.24, 2.45) is 0 Å². The highest BCUT2D eigenvalue weighted by Gasteiger charge is 2.12. The zero-order valence-corrected chi connectivity index (χ0v) is 12.1. The van der Waals surface area contributed by atoms with Crippen LogP contribution in [0.1, 0.15) is 11.8 Å². The molecule has 0 bridgehead atoms. The number of terminal acetylenes is 1. The molecule has 1 amide bonds. The maximum Gasteiger partial charge on any atom is 0.236 e. The van der Waals surface area contributed by atoms with E-state index < -0.39 is 0 Å². The third-order valence-corrected chi connectivity index (χ3v) is 3.82. The number of rotatable bonds is 6. The van der Waals surface area contributed by atoms with Crippen LogP contribution in [-0.2, 0) is 11.3 Å². The summed E-state index contributed by atoms with van der Waals surface area (Å²) in [6, 6.07) is 4.02. The zero-order valence-electron chi connectivity index (χ0n) is 9.70. The third-order valence-electron chi connectivity index (χ3n) is 2.21. The Morgan fingerprint density at radius 2 is 2.41 bits per heavy atom. The SMILES string of the molecule is C#CCNCC(=O)N(CC)Cc1ccc(Br)s1. The van der Waals surface area contributed by atoms with Crippen molar-refractivity contribution >= 4 is 33.2 Å². The second kappa shape index (κ2) is 7.49. The number of halogens is 1. The lowest BCUT2D eigenvalue weighted by molar-refractivity contribution is -0.130. The van der Waals surface area contributed by atoms with E-state index in [1.165, 1.54) is 4.88 Å². The summed E-state index contributed by atoms with van der Waals surface area (Å²) in [6.07, 6.45) is 5.11. The molecule has 0 atom stereocenters. The summed E-state index contributed by atoms with van der Waals surface area (Å²) in [5.74, 6) is 2.52. The van der Waals surface area contributed by atoms with E-state index in [2.05, 4.69) is 27.2 Å². The quantitative estimate of drug-likeness (QED) is 0.644. The van der Waals surface area contributed by atoms with E-state index in [-0.39, 0.29) is 5.91 Å². The molecule has 5 heteroatoms. The van der Waals surface area contributed by atoms with Gasteiger partial charge in [-0.3, -0.25) is 10.1 Å². The summed E-state index contributed by atoms with van der Waals surface area (Å²) in [6.45, 7) is 4.05. The van der Waals surface area contributed by atoms with Gasteiger partial charge < -0.3 is 4.90 Å². The topological polar surface area (TPSA) is 32.3 Å². The van der Waals surface area contributed by atoms with Gasteiger partial charge >= 0.3 is 0 Å². The van der Waals surface area contributed by atoms with Crippen LogP contribution in [-0.4, -0.2) is 30.4 Å². The number of carbonyl (C=O) groups is 1. The highest BCUT2D eigenvalue weighted by molar-refractivity contribution is 9.11. The number of amides is 1. The average Bonchev–Trinajstić information content (AvgIpc) is 2.72. The first-order chi connectivity index (χ1) is 8.17. The van der Waals surface area contributed by atoms with Crippen molar-refractivity contribution in [2.45, 2.75) is 13.5 Å². The minimum absolute atomic E-state index is 0.0762. The Kier molecular flexibility index (Phi) is 6.27. The summed E-state index contributed by atoms with van der Waals surface area (Å²) in [5.41, 5.74) is 0. The van der Waals surface area contributed by atoms with Crippen LogP contribution in [0.25, 0.3) is 0 Å². The van der Waals surface area contributed by atoms with Gasteiger partial charge in [-0.05, 0) is 35.0 Å². The molecule has 92 valence electrons. The van der Waals surface area contributed by atoms with Gasteiger partial charge in [-0.2, -0.15) is 0 Å². The Bertz CT molecular complexity index is 411. The van der Waals surface area contributed by atoms with E-state index in [1.54, 1.807) is 11.3 Å². The first kappa shape index (κ1) is 14.2. The normalized spacial score (nSPS) is 9.94. The van der Waals surface area contributed by atoms with Crippen LogP contribution in [0.3, 0.4) is 0 Å². The number of hydrogen-bond acceptors (Lipinski definition) is 3. The predicted octanol–water partition coefficient (Wildman–Crippen LogP) is 2.08. The van der Waals surface area contributed by atoms with Crippen LogP contribution in [0.4, 0.5) is 0 Å². The summed E-state index contributed by atoms with van der Waals surface area (Å²) in [5, 5.41) is 2.91. The lowest BCUT2D eigenvalue weighted by Gasteiger charge is -2.20. The molecule has 1 rings (SSSR count). The summed E-state index contributed by atoms with van der Waals surface area (Å²) in [4.78, 5) is 14.8. The van der Waals surface area contributed by atoms with Crippen molar-refractivity contribution < 1.29 is 4.79 Å². The lowest BCUT2D eigenvalue weighted by Crippen LogP contribution is -2.37. The third kappa shape index (κ3) is 4.90. The number of thiophene rings is 1. The fourth-order valence-corrected chi connectivity index (χ4v) is 2.85. The van der Waals surface area contributed by atoms with Crippen LogP contribution in [0.5, 0.6) is 0 Å². The van der Waals surface area contributed by atoms with E-state index in [9.17, 15) is 4.79 Å². The Labute approximate surface area is 114 Å². The molecule has 0 saturated carbocycles. The molecule has 0 unspecified atom stereocenters. The average molecular weight is 315 g/mol. The van der Waals surface area contributed by atoms with Crippen molar-refractivity contribution in [3.8, 4) is 12.3 Å². The van der Waals surface area contributed by atoms with E-state index in [0.29, 0.717) is 26.2 Å². The minimum Gasteiger partial charge on any atom is -0.337 e. The summed E-state index contributed by atoms with van der Waals surface area (Å²) in [7, 11) is 0. The second-order valence-corrected chi connectivity index (χ2v) is 5.97. The molecule has 1 aromatic rings. The maximum absolute atomic E-state index is 11.8. The van der Waals surface area contributed by atoms with Crippen molar-refractivity contribution in [1.82, 2.24) is 10.2 Å². The zero-order chi connectivity index (χ0) is 12.7. The molecule has 0 aromatic carbocycles. The molecular weight excluding hydrogens is 300 g/mol. The van der Waals surface area contributed by atoms with E-state index >= 15 is 0 Å². The van der Waals surface area contributed by atoms with Gasteiger partial charge in [-0.1, -0.05) is 5.92 Å². The first-order valence-electron chi connectivity index (χ1n) is 5.33. The molecule has 1 aromatic heterocycles. The highest BCUT2D eigenvalue weighted by atomic mass is 79.9. The van der Waals surface area contributed by atoms with Crippen molar-refractivity contribution in [3.05, 3.63) is 20.8 Å². The Morgan fingerprint density at radius 3 is 2.94 bits per heavy atom. The molecule has 0 radical (unpaired) electrons. The molecule has 0 fully saturated rings. The van der Waals surface area contributed by atoms with Gasteiger partial charge in [0.2, 0.25) is 5.91 Å². The number of nitrogens with one attached hydrogen (secondary N) is 1. The highest BCUT2D eigenvalue weighted by Crippen LogP contribution is 2.23. The molecule has 3 nitrogen and oxygen atoms in total. The molecule has 1 N–H and O–H groups in total. The molecular formula is C12H15BrN2OS. The van der Waals surface area contributed by atoms with Crippen molar-refractivity contribution in [3.63, 3.8) is 0 Å². The molecule has 17 heavy (non-hydrogen) atoms. The van der Waals surface area contributed by atoms with Crippen LogP contribution in [0.2, 0.25) is 0 Å². The van der Waals surface area contributed by atoms with Gasteiger partial charge in [0.1, 0.15) is 0 Å². The van der Waals surface area contributed by atoms with E-state index in [1.807, 2.05) is 24.0 Å². The van der Waals surface area contributed by atoms with Crippen LogP contribution < -0.4 is 5.32 Å². The predicted molar refractivity (Wildman–Crippen MR) is 74.8 cm³/mol. The van der Waals surface area contributed by atoms with Crippen LogP contribution in [0.15, 0.2) is 15.9 Å². The van der Waals surface area contributed by atoms with Gasteiger partial charge in [0.25, 0.3) is 0 Å². The van der Waals surface area contributed by atoms with Gasteiger partial charge in [0.15, 0.2) is 0 Å². The molecule has 1 heterocycles. The van der Waals surface area contributed by atoms with E-state index in [4.69, 9.17) is 6.42 Å². The van der Waals surface area contributed by atoms with Crippen molar-refractivity contribution in [1.29, 1.82) is 0 Å². The largest absolute Gasteiger partial charge is 0.337 e. The first-order valence-corrected chi connectivity index (χ1v) is 6.94. The number of nitrogens with zero attached hydrogens (tertiary/aromatic N) is 1. The van der Waals surface area contributed by atoms with Gasteiger partial charge in [0, 0.05) is 11.4 Å². The standard InChI is InChI=1S/C12H15BrN2OS/c1-3-7-14-8-12(16)15(4-2)9-10-5-6-11(13)17-10/h1,5-6,14H,4,7-9H2,2H3. The molecule has 0 aliphatic rings. The van der Waals surface area contributed by atoms with Gasteiger partial charge in [0.05, 0.1) is 23.4 Å².